The molecule has 8 nitrogen and oxygen atoms in total. The summed E-state index contributed by atoms with van der Waals surface area (Å²) in [7, 11) is 2.85. The summed E-state index contributed by atoms with van der Waals surface area (Å²) in [6, 6.07) is 3.14. The van der Waals surface area contributed by atoms with E-state index in [-0.39, 0.29) is 28.0 Å². The van der Waals surface area contributed by atoms with Gasteiger partial charge < -0.3 is 14.6 Å². The van der Waals surface area contributed by atoms with Crippen molar-refractivity contribution < 1.29 is 14.6 Å². The first-order valence-corrected chi connectivity index (χ1v) is 6.42. The molecular formula is C13H13ClN4O4. The molecule has 0 aliphatic heterocycles. The lowest BCUT2D eigenvalue weighted by atomic mass is 10.2. The summed E-state index contributed by atoms with van der Waals surface area (Å²) >= 11 is 5.80. The number of hydrogen-bond donors (Lipinski definition) is 3. The van der Waals surface area contributed by atoms with Crippen LogP contribution >= 0.6 is 11.6 Å². The Morgan fingerprint density at radius 1 is 1.36 bits per heavy atom. The molecule has 0 bridgehead atoms. The summed E-state index contributed by atoms with van der Waals surface area (Å²) in [5.41, 5.74) is 2.95. The van der Waals surface area contributed by atoms with Gasteiger partial charge in [-0.3, -0.25) is 10.2 Å². The summed E-state index contributed by atoms with van der Waals surface area (Å²) in [6.45, 7) is 0. The highest BCUT2D eigenvalue weighted by atomic mass is 35.5. The molecule has 22 heavy (non-hydrogen) atoms. The van der Waals surface area contributed by atoms with Crippen LogP contribution in [0.1, 0.15) is 5.56 Å². The highest BCUT2D eigenvalue weighted by Crippen LogP contribution is 2.36. The number of methoxy groups -OCH3 is 2. The van der Waals surface area contributed by atoms with Gasteiger partial charge in [0.1, 0.15) is 10.7 Å². The molecule has 116 valence electrons. The molecule has 0 aliphatic carbocycles. The molecule has 0 unspecified atom stereocenters. The molecule has 0 amide bonds. The maximum atomic E-state index is 11.3. The molecule has 1 heterocycles. The van der Waals surface area contributed by atoms with Crippen LogP contribution in [0.4, 0.5) is 5.69 Å². The molecule has 0 saturated carbocycles. The Balaban J connectivity index is 2.23. The normalized spacial score (nSPS) is 10.7. The van der Waals surface area contributed by atoms with Gasteiger partial charge in [0.05, 0.1) is 26.6 Å². The topological polar surface area (TPSA) is 109 Å². The van der Waals surface area contributed by atoms with Crippen LogP contribution < -0.4 is 20.5 Å². The minimum absolute atomic E-state index is 0.0481. The van der Waals surface area contributed by atoms with Crippen molar-refractivity contribution in [2.45, 2.75) is 0 Å². The number of aromatic nitrogens is 2. The van der Waals surface area contributed by atoms with Gasteiger partial charge in [0, 0.05) is 5.56 Å². The second-order valence-electron chi connectivity index (χ2n) is 4.07. The molecule has 3 N–H and O–H groups in total. The van der Waals surface area contributed by atoms with E-state index in [1.165, 1.54) is 26.6 Å². The van der Waals surface area contributed by atoms with Crippen molar-refractivity contribution in [2.75, 3.05) is 19.6 Å². The number of anilines is 1. The first-order valence-electron chi connectivity index (χ1n) is 6.04. The van der Waals surface area contributed by atoms with Gasteiger partial charge >= 0.3 is 0 Å². The van der Waals surface area contributed by atoms with Crippen molar-refractivity contribution in [3.05, 3.63) is 39.3 Å². The average Bonchev–Trinajstić information content (AvgIpc) is 2.52. The number of nitrogens with one attached hydrogen (secondary N) is 2. The zero-order valence-corrected chi connectivity index (χ0v) is 12.5. The number of rotatable bonds is 5. The van der Waals surface area contributed by atoms with E-state index < -0.39 is 5.56 Å². The molecule has 0 radical (unpaired) electrons. The fraction of sp³-hybridized carbons (Fsp3) is 0.154. The summed E-state index contributed by atoms with van der Waals surface area (Å²) in [6.07, 6.45) is 2.78. The standard InChI is InChI=1S/C13H13ClN4O4/c1-21-9-3-7(4-10(22-2)12(9)19)5-15-17-8-6-16-18-13(20)11(8)14/h3-6,19H,1-2H3,(H2,17,18,20)/b15-5-. The van der Waals surface area contributed by atoms with Gasteiger partial charge in [-0.1, -0.05) is 11.6 Å². The van der Waals surface area contributed by atoms with E-state index in [0.29, 0.717) is 5.56 Å². The highest BCUT2D eigenvalue weighted by molar-refractivity contribution is 6.32. The Morgan fingerprint density at radius 2 is 2.00 bits per heavy atom. The third kappa shape index (κ3) is 3.29. The second-order valence-corrected chi connectivity index (χ2v) is 4.45. The van der Waals surface area contributed by atoms with Gasteiger partial charge in [0.25, 0.3) is 5.56 Å². The van der Waals surface area contributed by atoms with Crippen LogP contribution in [0.25, 0.3) is 0 Å². The lowest BCUT2D eigenvalue weighted by Crippen LogP contribution is -2.10. The van der Waals surface area contributed by atoms with Crippen LogP contribution in [-0.4, -0.2) is 35.7 Å². The Labute approximate surface area is 130 Å². The Morgan fingerprint density at radius 3 is 2.59 bits per heavy atom. The first kappa shape index (κ1) is 15.6. The van der Waals surface area contributed by atoms with Crippen LogP contribution in [0.5, 0.6) is 17.2 Å². The Hall–Kier alpha value is -2.74. The molecule has 0 atom stereocenters. The predicted octanol–water partition coefficient (Wildman–Crippen LogP) is 1.59. The molecular weight excluding hydrogens is 312 g/mol. The number of benzene rings is 1. The van der Waals surface area contributed by atoms with Gasteiger partial charge in [-0.25, -0.2) is 5.10 Å². The monoisotopic (exact) mass is 324 g/mol. The minimum Gasteiger partial charge on any atom is -0.502 e. The molecule has 0 aliphatic rings. The number of hydrogen-bond acceptors (Lipinski definition) is 7. The Bertz CT molecular complexity index is 735. The van der Waals surface area contributed by atoms with E-state index in [0.717, 1.165) is 0 Å². The largest absolute Gasteiger partial charge is 0.502 e. The van der Waals surface area contributed by atoms with E-state index in [2.05, 4.69) is 20.7 Å². The van der Waals surface area contributed by atoms with Crippen molar-refractivity contribution in [3.63, 3.8) is 0 Å². The van der Waals surface area contributed by atoms with Gasteiger partial charge in [-0.05, 0) is 12.1 Å². The van der Waals surface area contributed by atoms with Gasteiger partial charge in [0.15, 0.2) is 11.5 Å². The fourth-order valence-electron chi connectivity index (χ4n) is 1.63. The van der Waals surface area contributed by atoms with E-state index in [9.17, 15) is 9.90 Å². The smallest absolute Gasteiger partial charge is 0.285 e. The van der Waals surface area contributed by atoms with Crippen molar-refractivity contribution in [3.8, 4) is 17.2 Å². The summed E-state index contributed by atoms with van der Waals surface area (Å²) < 4.78 is 10.1. The van der Waals surface area contributed by atoms with Crippen LogP contribution in [0.3, 0.4) is 0 Å². The molecule has 1 aromatic heterocycles. The summed E-state index contributed by atoms with van der Waals surface area (Å²) in [4.78, 5) is 11.3. The van der Waals surface area contributed by atoms with Crippen LogP contribution in [-0.2, 0) is 0 Å². The van der Waals surface area contributed by atoms with Crippen molar-refractivity contribution in [1.29, 1.82) is 0 Å². The Kier molecular flexibility index (Phi) is 4.84. The minimum atomic E-state index is -0.519. The fourth-order valence-corrected chi connectivity index (χ4v) is 1.76. The molecule has 0 spiro atoms. The maximum absolute atomic E-state index is 11.3. The lowest BCUT2D eigenvalue weighted by Gasteiger charge is -2.09. The number of nitrogens with zero attached hydrogens (tertiary/aromatic N) is 2. The molecule has 2 rings (SSSR count). The molecule has 0 saturated heterocycles. The van der Waals surface area contributed by atoms with Crippen molar-refractivity contribution in [2.24, 2.45) is 5.10 Å². The van der Waals surface area contributed by atoms with E-state index >= 15 is 0 Å². The third-order valence-electron chi connectivity index (χ3n) is 2.70. The third-order valence-corrected chi connectivity index (χ3v) is 3.07. The zero-order chi connectivity index (χ0) is 16.1. The zero-order valence-electron chi connectivity index (χ0n) is 11.8. The van der Waals surface area contributed by atoms with Gasteiger partial charge in [-0.2, -0.15) is 10.2 Å². The molecule has 0 fully saturated rings. The SMILES string of the molecule is COc1cc(/C=N\Nc2cn[nH]c(=O)c2Cl)cc(OC)c1O. The van der Waals surface area contributed by atoms with Crippen LogP contribution in [0, 0.1) is 0 Å². The second kappa shape index (κ2) is 6.81. The van der Waals surface area contributed by atoms with Gasteiger partial charge in [0.2, 0.25) is 5.75 Å². The lowest BCUT2D eigenvalue weighted by molar-refractivity contribution is 0.340. The quantitative estimate of drug-likeness (QED) is 0.569. The summed E-state index contributed by atoms with van der Waals surface area (Å²) in [5, 5.41) is 19.5. The number of ether oxygens (including phenoxy) is 2. The first-order chi connectivity index (χ1) is 10.6. The average molecular weight is 325 g/mol. The number of phenolic OH excluding ortho intramolecular Hbond substituents is 1. The molecule has 9 heteroatoms. The number of aromatic hydroxyl groups is 1. The van der Waals surface area contributed by atoms with E-state index in [1.807, 2.05) is 0 Å². The highest BCUT2D eigenvalue weighted by Gasteiger charge is 2.10. The van der Waals surface area contributed by atoms with E-state index in [4.69, 9.17) is 21.1 Å². The number of H-pyrrole nitrogens is 1. The van der Waals surface area contributed by atoms with Crippen molar-refractivity contribution in [1.82, 2.24) is 10.2 Å². The number of halogens is 1. The molecule has 1 aromatic carbocycles. The maximum Gasteiger partial charge on any atom is 0.285 e. The number of hydrazone groups is 1. The van der Waals surface area contributed by atoms with Gasteiger partial charge in [-0.15, -0.1) is 0 Å². The number of phenols is 1. The van der Waals surface area contributed by atoms with Crippen LogP contribution in [0.2, 0.25) is 5.02 Å². The number of aromatic amines is 1. The van der Waals surface area contributed by atoms with Crippen LogP contribution in [0.15, 0.2) is 28.2 Å². The van der Waals surface area contributed by atoms with Crippen molar-refractivity contribution >= 4 is 23.5 Å². The van der Waals surface area contributed by atoms with E-state index in [1.54, 1.807) is 12.1 Å². The predicted molar refractivity (Wildman–Crippen MR) is 82.3 cm³/mol. The summed E-state index contributed by atoms with van der Waals surface area (Å²) in [5.74, 6) is 0.394. The molecule has 2 aromatic rings.